The lowest BCUT2D eigenvalue weighted by molar-refractivity contribution is -0.154. The van der Waals surface area contributed by atoms with Gasteiger partial charge in [0.15, 0.2) is 0 Å². The monoisotopic (exact) mass is 391 g/mol. The van der Waals surface area contributed by atoms with Crippen LogP contribution in [-0.2, 0) is 12.4 Å². The van der Waals surface area contributed by atoms with Crippen molar-refractivity contribution in [2.75, 3.05) is 0 Å². The van der Waals surface area contributed by atoms with Gasteiger partial charge in [0.2, 0.25) is 0 Å². The molecule has 0 aromatic heterocycles. The minimum Gasteiger partial charge on any atom is -0.388 e. The molecule has 0 aliphatic carbocycles. The molecule has 0 bridgehead atoms. The Hall–Kier alpha value is -1.20. The van der Waals surface area contributed by atoms with Gasteiger partial charge in [0.25, 0.3) is 0 Å². The van der Waals surface area contributed by atoms with Crippen molar-refractivity contribution in [3.8, 4) is 0 Å². The second-order valence-electron chi connectivity index (χ2n) is 4.74. The number of benzene rings is 1. The molecule has 0 radical (unpaired) electrons. The lowest BCUT2D eigenvalue weighted by Crippen LogP contribution is -2.38. The second kappa shape index (κ2) is 7.36. The Kier molecular flexibility index (Phi) is 6.99. The van der Waals surface area contributed by atoms with Gasteiger partial charge in [0.1, 0.15) is 6.04 Å². The van der Waals surface area contributed by atoms with Crippen molar-refractivity contribution in [3.05, 3.63) is 34.9 Å². The summed E-state index contributed by atoms with van der Waals surface area (Å²) in [5.41, 5.74) is 0.287. The average Bonchev–Trinajstić information content (AvgIpc) is 2.34. The molecule has 0 spiro atoms. The summed E-state index contributed by atoms with van der Waals surface area (Å²) in [6, 6.07) is -2.48. The van der Waals surface area contributed by atoms with Gasteiger partial charge in [-0.25, -0.2) is 0 Å². The van der Waals surface area contributed by atoms with E-state index in [1.165, 1.54) is 0 Å². The van der Waals surface area contributed by atoms with Gasteiger partial charge in [-0.15, -0.1) is 12.4 Å². The van der Waals surface area contributed by atoms with E-state index >= 15 is 0 Å². The van der Waals surface area contributed by atoms with Crippen LogP contribution in [0.1, 0.15) is 29.2 Å². The number of alkyl halides is 9. The van der Waals surface area contributed by atoms with E-state index in [4.69, 9.17) is 5.73 Å². The summed E-state index contributed by atoms with van der Waals surface area (Å²) in [4.78, 5) is 0. The van der Waals surface area contributed by atoms with E-state index in [1.807, 2.05) is 0 Å². The van der Waals surface area contributed by atoms with Gasteiger partial charge in [-0.3, -0.25) is 0 Å². The summed E-state index contributed by atoms with van der Waals surface area (Å²) < 4.78 is 112. The van der Waals surface area contributed by atoms with E-state index in [9.17, 15) is 44.6 Å². The number of hydrogen-bond acceptors (Lipinski definition) is 2. The van der Waals surface area contributed by atoms with E-state index in [1.54, 1.807) is 0 Å². The van der Waals surface area contributed by atoms with Crippen LogP contribution in [0.4, 0.5) is 39.5 Å². The number of nitrogens with two attached hydrogens (primary N) is 1. The smallest absolute Gasteiger partial charge is 0.388 e. The minimum atomic E-state index is -5.16. The molecular formula is C12H11ClF9NO. The maximum absolute atomic E-state index is 12.6. The fourth-order valence-corrected chi connectivity index (χ4v) is 1.68. The first-order valence-corrected chi connectivity index (χ1v) is 5.92. The first kappa shape index (κ1) is 22.8. The molecule has 2 atom stereocenters. The van der Waals surface area contributed by atoms with E-state index in [0.29, 0.717) is 0 Å². The Balaban J connectivity index is 0.00000529. The van der Waals surface area contributed by atoms with Crippen LogP contribution in [0, 0.1) is 0 Å². The van der Waals surface area contributed by atoms with Crippen LogP contribution in [-0.4, -0.2) is 17.3 Å². The molecule has 0 saturated carbocycles. The second-order valence-corrected chi connectivity index (χ2v) is 4.74. The summed E-state index contributed by atoms with van der Waals surface area (Å²) in [6.07, 6.45) is -18.8. The maximum Gasteiger partial charge on any atom is 0.416 e. The van der Waals surface area contributed by atoms with Crippen molar-refractivity contribution in [2.45, 2.75) is 37.1 Å². The van der Waals surface area contributed by atoms with Crippen LogP contribution in [0.25, 0.3) is 0 Å². The van der Waals surface area contributed by atoms with Gasteiger partial charge in [0, 0.05) is 6.42 Å². The van der Waals surface area contributed by atoms with Gasteiger partial charge in [-0.2, -0.15) is 39.5 Å². The van der Waals surface area contributed by atoms with Crippen molar-refractivity contribution in [1.82, 2.24) is 0 Å². The topological polar surface area (TPSA) is 46.2 Å². The molecular weight excluding hydrogens is 381 g/mol. The lowest BCUT2D eigenvalue weighted by Gasteiger charge is -2.21. The Morgan fingerprint density at radius 1 is 0.833 bits per heavy atom. The first-order chi connectivity index (χ1) is 10.1. The Labute approximate surface area is 135 Å². The van der Waals surface area contributed by atoms with Crippen molar-refractivity contribution >= 4 is 12.4 Å². The van der Waals surface area contributed by atoms with Gasteiger partial charge in [-0.05, 0) is 23.8 Å². The largest absolute Gasteiger partial charge is 0.416 e. The first-order valence-electron chi connectivity index (χ1n) is 5.92. The number of aliphatic hydroxyl groups is 1. The minimum absolute atomic E-state index is 0. The molecule has 0 fully saturated rings. The number of hydrogen-bond donors (Lipinski definition) is 2. The molecule has 1 aromatic carbocycles. The maximum atomic E-state index is 12.6. The van der Waals surface area contributed by atoms with Crippen LogP contribution in [0.2, 0.25) is 0 Å². The van der Waals surface area contributed by atoms with Crippen molar-refractivity contribution in [1.29, 1.82) is 0 Å². The highest BCUT2D eigenvalue weighted by atomic mass is 35.5. The summed E-state index contributed by atoms with van der Waals surface area (Å²) in [5.74, 6) is 0. The molecule has 0 amide bonds. The van der Waals surface area contributed by atoms with Crippen molar-refractivity contribution < 1.29 is 44.6 Å². The highest BCUT2D eigenvalue weighted by Crippen LogP contribution is 2.38. The summed E-state index contributed by atoms with van der Waals surface area (Å²) in [7, 11) is 0. The molecule has 12 heteroatoms. The predicted molar refractivity (Wildman–Crippen MR) is 67.3 cm³/mol. The molecule has 0 aliphatic rings. The highest BCUT2D eigenvalue weighted by molar-refractivity contribution is 5.85. The van der Waals surface area contributed by atoms with E-state index in [-0.39, 0.29) is 30.6 Å². The SMILES string of the molecule is Cl.N[C@@H](C[C@@H](O)c1cc(C(F)(F)F)cc(C(F)(F)F)c1)C(F)(F)F. The number of aliphatic hydroxyl groups excluding tert-OH is 1. The number of halogens is 10. The van der Waals surface area contributed by atoms with Crippen molar-refractivity contribution in [3.63, 3.8) is 0 Å². The fraction of sp³-hybridized carbons (Fsp3) is 0.500. The summed E-state index contributed by atoms with van der Waals surface area (Å²) in [5, 5.41) is 9.52. The fourth-order valence-electron chi connectivity index (χ4n) is 1.68. The van der Waals surface area contributed by atoms with Crippen LogP contribution >= 0.6 is 12.4 Å². The summed E-state index contributed by atoms with van der Waals surface area (Å²) in [6.45, 7) is 0. The molecule has 2 nitrogen and oxygen atoms in total. The third-order valence-electron chi connectivity index (χ3n) is 2.89. The van der Waals surface area contributed by atoms with Crippen LogP contribution in [0.5, 0.6) is 0 Å². The predicted octanol–water partition coefficient (Wildman–Crippen LogP) is 4.46. The molecule has 0 saturated heterocycles. The van der Waals surface area contributed by atoms with Gasteiger partial charge in [0.05, 0.1) is 17.2 Å². The molecule has 1 aromatic rings. The average molecular weight is 392 g/mol. The van der Waals surface area contributed by atoms with Gasteiger partial charge < -0.3 is 10.8 Å². The molecule has 140 valence electrons. The normalized spacial score (nSPS) is 15.6. The molecule has 24 heavy (non-hydrogen) atoms. The van der Waals surface area contributed by atoms with Crippen LogP contribution in [0.15, 0.2) is 18.2 Å². The molecule has 1 rings (SSSR count). The quantitative estimate of drug-likeness (QED) is 0.747. The van der Waals surface area contributed by atoms with E-state index < -0.39 is 53.8 Å². The summed E-state index contributed by atoms with van der Waals surface area (Å²) >= 11 is 0. The van der Waals surface area contributed by atoms with E-state index in [0.717, 1.165) is 0 Å². The third kappa shape index (κ3) is 6.02. The lowest BCUT2D eigenvalue weighted by atomic mass is 9.97. The van der Waals surface area contributed by atoms with Gasteiger partial charge in [-0.1, -0.05) is 0 Å². The standard InChI is InChI=1S/C12H10F9NO.ClH/c13-10(14,15)6-1-5(2-7(3-6)11(16,17)18)8(23)4-9(22)12(19,20)21;/h1-3,8-9,23H,4,22H2;1H/t8-,9+;/m1./s1. The Morgan fingerprint density at radius 3 is 1.50 bits per heavy atom. The Bertz CT molecular complexity index is 521. The zero-order chi connectivity index (χ0) is 18.2. The zero-order valence-corrected chi connectivity index (χ0v) is 12.2. The number of rotatable bonds is 3. The van der Waals surface area contributed by atoms with Gasteiger partial charge >= 0.3 is 18.5 Å². The molecule has 0 aliphatic heterocycles. The Morgan fingerprint density at radius 2 is 1.21 bits per heavy atom. The zero-order valence-electron chi connectivity index (χ0n) is 11.4. The highest BCUT2D eigenvalue weighted by Gasteiger charge is 2.40. The third-order valence-corrected chi connectivity index (χ3v) is 2.89. The van der Waals surface area contributed by atoms with E-state index in [2.05, 4.69) is 0 Å². The molecule has 0 heterocycles. The molecule has 3 N–H and O–H groups in total. The molecule has 0 unspecified atom stereocenters. The van der Waals surface area contributed by atoms with Crippen molar-refractivity contribution in [2.24, 2.45) is 5.73 Å². The van der Waals surface area contributed by atoms with Crippen LogP contribution < -0.4 is 5.73 Å². The van der Waals surface area contributed by atoms with Crippen LogP contribution in [0.3, 0.4) is 0 Å².